The Balaban J connectivity index is 2.55. The molecule has 0 bridgehead atoms. The number of piperazine rings is 1. The van der Waals surface area contributed by atoms with Crippen molar-refractivity contribution in [3.05, 3.63) is 0 Å². The zero-order chi connectivity index (χ0) is 13.1. The third kappa shape index (κ3) is 3.96. The van der Waals surface area contributed by atoms with Gasteiger partial charge in [-0.05, 0) is 20.3 Å². The molecule has 0 aliphatic carbocycles. The van der Waals surface area contributed by atoms with E-state index >= 15 is 0 Å². The minimum absolute atomic E-state index is 0.0181. The summed E-state index contributed by atoms with van der Waals surface area (Å²) >= 11 is 0. The van der Waals surface area contributed by atoms with E-state index in [0.29, 0.717) is 26.1 Å². The van der Waals surface area contributed by atoms with Gasteiger partial charge in [0.25, 0.3) is 0 Å². The maximum Gasteiger partial charge on any atom is 0.242 e. The lowest BCUT2D eigenvalue weighted by Crippen LogP contribution is -2.61. The quantitative estimate of drug-likeness (QED) is 0.758. The van der Waals surface area contributed by atoms with Crippen LogP contribution in [-0.2, 0) is 14.6 Å². The normalized spacial score (nSPS) is 20.6. The highest BCUT2D eigenvalue weighted by Crippen LogP contribution is 2.12. The molecule has 6 heteroatoms. The van der Waals surface area contributed by atoms with Crippen molar-refractivity contribution in [2.45, 2.75) is 32.7 Å². The lowest BCUT2D eigenvalue weighted by atomic mass is 10.0. The van der Waals surface area contributed by atoms with Crippen LogP contribution in [0.1, 0.15) is 27.2 Å². The molecular weight excluding hydrogens is 240 g/mol. The molecule has 0 atom stereocenters. The number of carbonyl (C=O) groups excluding carboxylic acids is 1. The van der Waals surface area contributed by atoms with Gasteiger partial charge in [0.15, 0.2) is 9.84 Å². The van der Waals surface area contributed by atoms with Crippen molar-refractivity contribution >= 4 is 15.7 Å². The van der Waals surface area contributed by atoms with E-state index in [1.165, 1.54) is 0 Å². The van der Waals surface area contributed by atoms with Crippen molar-refractivity contribution in [1.82, 2.24) is 10.2 Å². The molecule has 1 aliphatic heterocycles. The maximum atomic E-state index is 12.0. The van der Waals surface area contributed by atoms with Gasteiger partial charge in [-0.15, -0.1) is 0 Å². The monoisotopic (exact) mass is 262 g/mol. The summed E-state index contributed by atoms with van der Waals surface area (Å²) in [6.45, 7) is 7.10. The van der Waals surface area contributed by atoms with Gasteiger partial charge in [0.1, 0.15) is 0 Å². The predicted molar refractivity (Wildman–Crippen MR) is 67.6 cm³/mol. The molecule has 1 aliphatic rings. The lowest BCUT2D eigenvalue weighted by molar-refractivity contribution is -0.139. The van der Waals surface area contributed by atoms with E-state index < -0.39 is 15.4 Å². The Morgan fingerprint density at radius 3 is 2.59 bits per heavy atom. The largest absolute Gasteiger partial charge is 0.339 e. The molecule has 0 spiro atoms. The molecule has 1 rings (SSSR count). The lowest BCUT2D eigenvalue weighted by Gasteiger charge is -2.38. The summed E-state index contributed by atoms with van der Waals surface area (Å²) in [6.07, 6.45) is 0.628. The molecule has 0 saturated carbocycles. The highest BCUT2D eigenvalue weighted by atomic mass is 32.2. The van der Waals surface area contributed by atoms with Gasteiger partial charge in [-0.1, -0.05) is 6.92 Å². The molecule has 17 heavy (non-hydrogen) atoms. The second-order valence-corrected chi connectivity index (χ2v) is 7.30. The Morgan fingerprint density at radius 1 is 1.35 bits per heavy atom. The number of amides is 1. The van der Waals surface area contributed by atoms with Crippen molar-refractivity contribution in [3.8, 4) is 0 Å². The van der Waals surface area contributed by atoms with Crippen LogP contribution >= 0.6 is 0 Å². The molecule has 1 fully saturated rings. The SMILES string of the molecule is CCCS(=O)(=O)CCN1CCNC(C)(C)C1=O. The summed E-state index contributed by atoms with van der Waals surface area (Å²) in [4.78, 5) is 13.6. The summed E-state index contributed by atoms with van der Waals surface area (Å²) in [7, 11) is -3.01. The van der Waals surface area contributed by atoms with E-state index in [9.17, 15) is 13.2 Å². The summed E-state index contributed by atoms with van der Waals surface area (Å²) < 4.78 is 23.2. The second-order valence-electron chi connectivity index (χ2n) is 5.00. The molecule has 0 aromatic carbocycles. The number of carbonyl (C=O) groups is 1. The Labute approximate surface area is 103 Å². The first-order valence-corrected chi connectivity index (χ1v) is 7.85. The van der Waals surface area contributed by atoms with Crippen LogP contribution in [-0.4, -0.2) is 55.9 Å². The van der Waals surface area contributed by atoms with Crippen molar-refractivity contribution < 1.29 is 13.2 Å². The van der Waals surface area contributed by atoms with Crippen LogP contribution in [0.3, 0.4) is 0 Å². The highest BCUT2D eigenvalue weighted by molar-refractivity contribution is 7.91. The fourth-order valence-electron chi connectivity index (χ4n) is 1.95. The zero-order valence-electron chi connectivity index (χ0n) is 10.8. The number of hydrogen-bond donors (Lipinski definition) is 1. The van der Waals surface area contributed by atoms with Gasteiger partial charge in [0.05, 0.1) is 11.3 Å². The fourth-order valence-corrected chi connectivity index (χ4v) is 3.28. The average Bonchev–Trinajstić information content (AvgIpc) is 2.20. The molecule has 1 heterocycles. The summed E-state index contributed by atoms with van der Waals surface area (Å²) in [5.41, 5.74) is -0.577. The van der Waals surface area contributed by atoms with E-state index in [2.05, 4.69) is 5.32 Å². The van der Waals surface area contributed by atoms with Gasteiger partial charge in [-0.2, -0.15) is 0 Å². The maximum absolute atomic E-state index is 12.0. The minimum atomic E-state index is -3.01. The van der Waals surface area contributed by atoms with Crippen LogP contribution in [0.15, 0.2) is 0 Å². The molecule has 5 nitrogen and oxygen atoms in total. The predicted octanol–water partition coefficient (Wildman–Crippen LogP) is 0.0216. The number of sulfone groups is 1. The molecule has 0 aromatic heterocycles. The Hall–Kier alpha value is -0.620. The van der Waals surface area contributed by atoms with Gasteiger partial charge < -0.3 is 10.2 Å². The van der Waals surface area contributed by atoms with Crippen LogP contribution < -0.4 is 5.32 Å². The fraction of sp³-hybridized carbons (Fsp3) is 0.909. The molecule has 1 N–H and O–H groups in total. The molecule has 1 amide bonds. The van der Waals surface area contributed by atoms with Gasteiger partial charge in [-0.3, -0.25) is 4.79 Å². The zero-order valence-corrected chi connectivity index (χ0v) is 11.6. The van der Waals surface area contributed by atoms with Crippen LogP contribution in [0.4, 0.5) is 0 Å². The van der Waals surface area contributed by atoms with E-state index in [1.54, 1.807) is 4.90 Å². The van der Waals surface area contributed by atoms with Crippen LogP contribution in [0, 0.1) is 0 Å². The van der Waals surface area contributed by atoms with Crippen LogP contribution in [0.5, 0.6) is 0 Å². The van der Waals surface area contributed by atoms with Gasteiger partial charge in [0, 0.05) is 25.4 Å². The molecule has 1 saturated heterocycles. The van der Waals surface area contributed by atoms with E-state index in [0.717, 1.165) is 0 Å². The van der Waals surface area contributed by atoms with E-state index in [1.807, 2.05) is 20.8 Å². The number of rotatable bonds is 5. The van der Waals surface area contributed by atoms with Crippen molar-refractivity contribution in [1.29, 1.82) is 0 Å². The Kier molecular flexibility index (Phi) is 4.55. The van der Waals surface area contributed by atoms with E-state index in [4.69, 9.17) is 0 Å². The summed E-state index contributed by atoms with van der Waals surface area (Å²) in [6, 6.07) is 0. The Bertz CT molecular complexity index is 376. The number of nitrogens with one attached hydrogen (secondary N) is 1. The van der Waals surface area contributed by atoms with Gasteiger partial charge in [0.2, 0.25) is 5.91 Å². The number of hydrogen-bond acceptors (Lipinski definition) is 4. The standard InChI is InChI=1S/C11H22N2O3S/c1-4-8-17(15,16)9-7-13-6-5-12-11(2,3)10(13)14/h12H,4-9H2,1-3H3. The van der Waals surface area contributed by atoms with Gasteiger partial charge >= 0.3 is 0 Å². The molecule has 0 aromatic rings. The van der Waals surface area contributed by atoms with Crippen LogP contribution in [0.25, 0.3) is 0 Å². The smallest absolute Gasteiger partial charge is 0.242 e. The third-order valence-corrected chi connectivity index (χ3v) is 4.79. The first kappa shape index (κ1) is 14.4. The van der Waals surface area contributed by atoms with Crippen molar-refractivity contribution in [2.24, 2.45) is 0 Å². The Morgan fingerprint density at radius 2 is 2.00 bits per heavy atom. The van der Waals surface area contributed by atoms with Crippen molar-refractivity contribution in [2.75, 3.05) is 31.1 Å². The topological polar surface area (TPSA) is 66.5 Å². The molecule has 100 valence electrons. The van der Waals surface area contributed by atoms with Gasteiger partial charge in [-0.25, -0.2) is 8.42 Å². The third-order valence-electron chi connectivity index (χ3n) is 2.96. The van der Waals surface area contributed by atoms with Crippen molar-refractivity contribution in [3.63, 3.8) is 0 Å². The van der Waals surface area contributed by atoms with E-state index in [-0.39, 0.29) is 17.4 Å². The highest BCUT2D eigenvalue weighted by Gasteiger charge is 2.35. The first-order valence-electron chi connectivity index (χ1n) is 6.03. The average molecular weight is 262 g/mol. The molecular formula is C11H22N2O3S. The van der Waals surface area contributed by atoms with Crippen LogP contribution in [0.2, 0.25) is 0 Å². The first-order chi connectivity index (χ1) is 7.78. The summed E-state index contributed by atoms with van der Waals surface area (Å²) in [5, 5.41) is 3.12. The molecule has 0 unspecified atom stereocenters. The molecule has 0 radical (unpaired) electrons. The number of nitrogens with zero attached hydrogens (tertiary/aromatic N) is 1. The second kappa shape index (κ2) is 5.35. The minimum Gasteiger partial charge on any atom is -0.339 e. The summed E-state index contributed by atoms with van der Waals surface area (Å²) in [5.74, 6) is 0.259.